The van der Waals surface area contributed by atoms with Crippen LogP contribution in [0.15, 0.2) is 18.2 Å². The van der Waals surface area contributed by atoms with Crippen molar-refractivity contribution in [1.29, 1.82) is 0 Å². The lowest BCUT2D eigenvalue weighted by Gasteiger charge is -2.09. The number of amides is 1. The van der Waals surface area contributed by atoms with Crippen molar-refractivity contribution >= 4 is 29.3 Å². The van der Waals surface area contributed by atoms with E-state index in [1.54, 1.807) is 25.1 Å². The summed E-state index contributed by atoms with van der Waals surface area (Å²) in [5.74, 6) is 1.50. The molecule has 1 atom stereocenters. The predicted molar refractivity (Wildman–Crippen MR) is 79.7 cm³/mol. The molecule has 21 heavy (non-hydrogen) atoms. The number of rotatable bonds is 6. The number of methoxy groups -OCH3 is 1. The largest absolute Gasteiger partial charge is 0.469 e. The number of thioether (sulfide) groups is 1. The third-order valence-corrected chi connectivity index (χ3v) is 4.06. The first-order valence-corrected chi connectivity index (χ1v) is 7.60. The lowest BCUT2D eigenvalue weighted by molar-refractivity contribution is -0.144. The number of carbonyl (C=O) groups is 2. The summed E-state index contributed by atoms with van der Waals surface area (Å²) in [5.41, 5.74) is 0.658. The maximum absolute atomic E-state index is 11.8. The van der Waals surface area contributed by atoms with Gasteiger partial charge in [0, 0.05) is 17.5 Å². The third kappa shape index (κ3) is 4.29. The number of hydrogen-bond acceptors (Lipinski definition) is 6. The molecule has 0 fully saturated rings. The monoisotopic (exact) mass is 311 g/mol. The summed E-state index contributed by atoms with van der Waals surface area (Å²) < 4.78 is 15.1. The average Bonchev–Trinajstić information content (AvgIpc) is 2.93. The standard InChI is InChI=1S/C14H17NO5S/c1-9(14(17)18-2)6-21-7-13(16)15-10-3-4-11-12(5-10)20-8-19-11/h3-5,9H,6-8H2,1-2H3,(H,15,16). The van der Waals surface area contributed by atoms with Gasteiger partial charge < -0.3 is 19.5 Å². The number of nitrogens with one attached hydrogen (secondary N) is 1. The molecule has 1 amide bonds. The van der Waals surface area contributed by atoms with Crippen LogP contribution in [-0.4, -0.2) is 37.3 Å². The van der Waals surface area contributed by atoms with E-state index in [0.717, 1.165) is 0 Å². The number of benzene rings is 1. The van der Waals surface area contributed by atoms with Gasteiger partial charge in [0.15, 0.2) is 11.5 Å². The number of esters is 1. The van der Waals surface area contributed by atoms with Gasteiger partial charge in [-0.25, -0.2) is 0 Å². The van der Waals surface area contributed by atoms with Crippen LogP contribution >= 0.6 is 11.8 Å². The fraction of sp³-hybridized carbons (Fsp3) is 0.429. The maximum Gasteiger partial charge on any atom is 0.309 e. The van der Waals surface area contributed by atoms with E-state index in [-0.39, 0.29) is 30.3 Å². The Morgan fingerprint density at radius 1 is 1.38 bits per heavy atom. The van der Waals surface area contributed by atoms with Gasteiger partial charge in [-0.2, -0.15) is 11.8 Å². The summed E-state index contributed by atoms with van der Waals surface area (Å²) in [4.78, 5) is 23.0. The first-order chi connectivity index (χ1) is 10.1. The van der Waals surface area contributed by atoms with Crippen molar-refractivity contribution in [2.24, 2.45) is 5.92 Å². The van der Waals surface area contributed by atoms with Crippen LogP contribution in [0.3, 0.4) is 0 Å². The fourth-order valence-corrected chi connectivity index (χ4v) is 2.63. The number of anilines is 1. The number of fused-ring (bicyclic) bond motifs is 1. The van der Waals surface area contributed by atoms with Crippen molar-refractivity contribution in [3.8, 4) is 11.5 Å². The predicted octanol–water partition coefficient (Wildman–Crippen LogP) is 1.90. The fourth-order valence-electron chi connectivity index (χ4n) is 1.77. The molecule has 1 aliphatic heterocycles. The molecule has 0 spiro atoms. The van der Waals surface area contributed by atoms with Gasteiger partial charge in [-0.15, -0.1) is 0 Å². The number of hydrogen-bond donors (Lipinski definition) is 1. The Morgan fingerprint density at radius 3 is 2.90 bits per heavy atom. The van der Waals surface area contributed by atoms with Crippen molar-refractivity contribution in [2.45, 2.75) is 6.92 Å². The van der Waals surface area contributed by atoms with E-state index in [0.29, 0.717) is 22.9 Å². The minimum atomic E-state index is -0.265. The molecule has 0 bridgehead atoms. The second kappa shape index (κ2) is 7.21. The van der Waals surface area contributed by atoms with E-state index in [2.05, 4.69) is 10.1 Å². The zero-order valence-corrected chi connectivity index (χ0v) is 12.7. The molecule has 0 radical (unpaired) electrons. The van der Waals surface area contributed by atoms with E-state index < -0.39 is 0 Å². The van der Waals surface area contributed by atoms with Gasteiger partial charge in [0.25, 0.3) is 0 Å². The van der Waals surface area contributed by atoms with Gasteiger partial charge in [-0.05, 0) is 12.1 Å². The Morgan fingerprint density at radius 2 is 2.14 bits per heavy atom. The van der Waals surface area contributed by atoms with Crippen molar-refractivity contribution in [2.75, 3.05) is 30.7 Å². The molecule has 1 aromatic carbocycles. The number of carbonyl (C=O) groups excluding carboxylic acids is 2. The molecular weight excluding hydrogens is 294 g/mol. The molecule has 0 saturated carbocycles. The van der Waals surface area contributed by atoms with Crippen LogP contribution in [-0.2, 0) is 14.3 Å². The Hall–Kier alpha value is -1.89. The first-order valence-electron chi connectivity index (χ1n) is 6.45. The van der Waals surface area contributed by atoms with Gasteiger partial charge in [0.05, 0.1) is 18.8 Å². The second-order valence-corrected chi connectivity index (χ2v) is 5.59. The highest BCUT2D eigenvalue weighted by atomic mass is 32.2. The molecule has 0 aliphatic carbocycles. The molecule has 114 valence electrons. The van der Waals surface area contributed by atoms with Crippen LogP contribution in [0, 0.1) is 5.92 Å². The molecule has 2 rings (SSSR count). The van der Waals surface area contributed by atoms with Crippen LogP contribution in [0.25, 0.3) is 0 Å². The number of ether oxygens (including phenoxy) is 3. The lowest BCUT2D eigenvalue weighted by Crippen LogP contribution is -2.18. The summed E-state index contributed by atoms with van der Waals surface area (Å²) in [6.07, 6.45) is 0. The van der Waals surface area contributed by atoms with Gasteiger partial charge in [0.2, 0.25) is 12.7 Å². The quantitative estimate of drug-likeness (QED) is 0.809. The van der Waals surface area contributed by atoms with E-state index in [1.807, 2.05) is 0 Å². The molecule has 1 unspecified atom stereocenters. The normalized spacial score (nSPS) is 13.6. The Kier molecular flexibility index (Phi) is 5.32. The molecule has 7 heteroatoms. The molecule has 1 heterocycles. The Labute approximate surface area is 127 Å². The summed E-state index contributed by atoms with van der Waals surface area (Å²) in [7, 11) is 1.36. The minimum absolute atomic E-state index is 0.129. The highest BCUT2D eigenvalue weighted by Crippen LogP contribution is 2.34. The highest BCUT2D eigenvalue weighted by molar-refractivity contribution is 8.00. The van der Waals surface area contributed by atoms with Gasteiger partial charge in [0.1, 0.15) is 0 Å². The summed E-state index contributed by atoms with van der Waals surface area (Å²) >= 11 is 1.39. The maximum atomic E-state index is 11.8. The van der Waals surface area contributed by atoms with Crippen molar-refractivity contribution in [3.63, 3.8) is 0 Å². The topological polar surface area (TPSA) is 73.9 Å². The zero-order valence-electron chi connectivity index (χ0n) is 11.9. The van der Waals surface area contributed by atoms with Crippen molar-refractivity contribution in [1.82, 2.24) is 0 Å². The van der Waals surface area contributed by atoms with Crippen LogP contribution in [0.1, 0.15) is 6.92 Å². The van der Waals surface area contributed by atoms with Crippen LogP contribution in [0.5, 0.6) is 11.5 Å². The van der Waals surface area contributed by atoms with E-state index in [9.17, 15) is 9.59 Å². The first kappa shape index (κ1) is 15.5. The second-order valence-electron chi connectivity index (χ2n) is 4.56. The van der Waals surface area contributed by atoms with Crippen LogP contribution in [0.2, 0.25) is 0 Å². The van der Waals surface area contributed by atoms with E-state index in [4.69, 9.17) is 9.47 Å². The van der Waals surface area contributed by atoms with E-state index in [1.165, 1.54) is 18.9 Å². The summed E-state index contributed by atoms with van der Waals surface area (Å²) in [6, 6.07) is 5.24. The Balaban J connectivity index is 1.76. The molecule has 1 aromatic rings. The minimum Gasteiger partial charge on any atom is -0.469 e. The smallest absolute Gasteiger partial charge is 0.309 e. The highest BCUT2D eigenvalue weighted by Gasteiger charge is 2.15. The molecule has 0 saturated heterocycles. The zero-order chi connectivity index (χ0) is 15.2. The van der Waals surface area contributed by atoms with Crippen molar-refractivity contribution < 1.29 is 23.8 Å². The van der Waals surface area contributed by atoms with Crippen LogP contribution in [0.4, 0.5) is 5.69 Å². The molecule has 1 aliphatic rings. The van der Waals surface area contributed by atoms with Gasteiger partial charge >= 0.3 is 5.97 Å². The average molecular weight is 311 g/mol. The van der Waals surface area contributed by atoms with E-state index >= 15 is 0 Å². The third-order valence-electron chi connectivity index (χ3n) is 2.86. The van der Waals surface area contributed by atoms with Crippen LogP contribution < -0.4 is 14.8 Å². The Bertz CT molecular complexity index is 534. The summed E-state index contributed by atoms with van der Waals surface area (Å²) in [5, 5.41) is 2.78. The lowest BCUT2D eigenvalue weighted by atomic mass is 10.2. The SMILES string of the molecule is COC(=O)C(C)CSCC(=O)Nc1ccc2c(c1)OCO2. The molecule has 0 aromatic heterocycles. The molecular formula is C14H17NO5S. The summed E-state index contributed by atoms with van der Waals surface area (Å²) in [6.45, 7) is 1.97. The van der Waals surface area contributed by atoms with Crippen molar-refractivity contribution in [3.05, 3.63) is 18.2 Å². The van der Waals surface area contributed by atoms with Gasteiger partial charge in [-0.3, -0.25) is 9.59 Å². The molecule has 1 N–H and O–H groups in total. The molecule has 6 nitrogen and oxygen atoms in total. The van der Waals surface area contributed by atoms with Gasteiger partial charge in [-0.1, -0.05) is 6.92 Å².